The Bertz CT molecular complexity index is 1110. The van der Waals surface area contributed by atoms with E-state index in [1.807, 2.05) is 20.8 Å². The summed E-state index contributed by atoms with van der Waals surface area (Å²) in [5.74, 6) is 0.596. The number of Topliss-reactive ketones (excluding diaryl/α,β-unsaturated/α-hetero) is 1. The lowest BCUT2D eigenvalue weighted by Gasteiger charge is -2.14. The molecule has 3 aromatic rings. The van der Waals surface area contributed by atoms with Gasteiger partial charge in [0.15, 0.2) is 5.78 Å². The SMILES string of the molecule is C=C(CC)C(=O)c1ccc(OCc2nc(-c3ccc(C(F)(F)F)cc3)cs2)c(C)c1C. The van der Waals surface area contributed by atoms with Crippen LogP contribution in [0.15, 0.2) is 53.9 Å². The minimum absolute atomic E-state index is 0.0595. The Morgan fingerprint density at radius 3 is 2.39 bits per heavy atom. The number of ether oxygens (including phenoxy) is 1. The highest BCUT2D eigenvalue weighted by Crippen LogP contribution is 2.32. The first-order valence-corrected chi connectivity index (χ1v) is 10.6. The molecule has 162 valence electrons. The number of rotatable bonds is 7. The van der Waals surface area contributed by atoms with Crippen molar-refractivity contribution in [3.63, 3.8) is 0 Å². The van der Waals surface area contributed by atoms with Crippen LogP contribution < -0.4 is 4.74 Å². The minimum atomic E-state index is -4.36. The van der Waals surface area contributed by atoms with E-state index >= 15 is 0 Å². The zero-order valence-electron chi connectivity index (χ0n) is 17.5. The van der Waals surface area contributed by atoms with Crippen molar-refractivity contribution in [2.45, 2.75) is 40.0 Å². The van der Waals surface area contributed by atoms with Crippen LogP contribution in [-0.4, -0.2) is 10.8 Å². The lowest BCUT2D eigenvalue weighted by Crippen LogP contribution is -2.06. The molecule has 1 heterocycles. The van der Waals surface area contributed by atoms with Gasteiger partial charge in [0, 0.05) is 16.5 Å². The van der Waals surface area contributed by atoms with Gasteiger partial charge in [0.2, 0.25) is 0 Å². The summed E-state index contributed by atoms with van der Waals surface area (Å²) in [6, 6.07) is 8.44. The van der Waals surface area contributed by atoms with Gasteiger partial charge in [-0.3, -0.25) is 4.79 Å². The van der Waals surface area contributed by atoms with Crippen LogP contribution in [0.5, 0.6) is 5.75 Å². The number of hydrogen-bond acceptors (Lipinski definition) is 4. The maximum absolute atomic E-state index is 12.7. The average molecular weight is 446 g/mol. The average Bonchev–Trinajstić information content (AvgIpc) is 3.22. The molecule has 0 aliphatic carbocycles. The number of benzene rings is 2. The van der Waals surface area contributed by atoms with E-state index in [0.29, 0.717) is 39.6 Å². The summed E-state index contributed by atoms with van der Waals surface area (Å²) in [4.78, 5) is 16.9. The third-order valence-corrected chi connectivity index (χ3v) is 5.96. The Kier molecular flexibility index (Phi) is 6.65. The minimum Gasteiger partial charge on any atom is -0.486 e. The van der Waals surface area contributed by atoms with Crippen molar-refractivity contribution >= 4 is 17.1 Å². The number of halogens is 3. The summed E-state index contributed by atoms with van der Waals surface area (Å²) in [6.07, 6.45) is -3.76. The Morgan fingerprint density at radius 1 is 1.10 bits per heavy atom. The molecular formula is C24H22F3NO2S. The fourth-order valence-electron chi connectivity index (χ4n) is 3.03. The molecule has 0 atom stereocenters. The lowest BCUT2D eigenvalue weighted by atomic mass is 9.95. The molecule has 0 radical (unpaired) electrons. The standard InChI is InChI=1S/C24H22F3NO2S/c1-5-14(2)23(29)19-10-11-21(16(4)15(19)3)30-12-22-28-20(13-31-22)17-6-8-18(9-7-17)24(25,26)27/h6-11,13H,2,5,12H2,1,3-4H3. The summed E-state index contributed by atoms with van der Waals surface area (Å²) in [6.45, 7) is 9.71. The second-order valence-corrected chi connectivity index (χ2v) is 8.08. The molecule has 3 nitrogen and oxygen atoms in total. The summed E-state index contributed by atoms with van der Waals surface area (Å²) in [7, 11) is 0. The summed E-state index contributed by atoms with van der Waals surface area (Å²) in [5.41, 5.74) is 3.43. The molecule has 3 rings (SSSR count). The van der Waals surface area contributed by atoms with Crippen LogP contribution in [0.4, 0.5) is 13.2 Å². The van der Waals surface area contributed by atoms with Crippen molar-refractivity contribution in [3.05, 3.63) is 81.2 Å². The molecule has 2 aromatic carbocycles. The van der Waals surface area contributed by atoms with Crippen LogP contribution in [0.25, 0.3) is 11.3 Å². The molecule has 0 aliphatic heterocycles. The molecule has 31 heavy (non-hydrogen) atoms. The van der Waals surface area contributed by atoms with Crippen LogP contribution in [0, 0.1) is 13.8 Å². The van der Waals surface area contributed by atoms with Crippen LogP contribution in [0.1, 0.15) is 45.4 Å². The van der Waals surface area contributed by atoms with E-state index in [1.54, 1.807) is 17.5 Å². The summed E-state index contributed by atoms with van der Waals surface area (Å²) in [5, 5.41) is 2.49. The fraction of sp³-hybridized carbons (Fsp3) is 0.250. The molecule has 0 saturated carbocycles. The maximum Gasteiger partial charge on any atom is 0.416 e. The van der Waals surface area contributed by atoms with Crippen LogP contribution >= 0.6 is 11.3 Å². The number of carbonyl (C=O) groups is 1. The second kappa shape index (κ2) is 9.06. The molecule has 0 aliphatic rings. The van der Waals surface area contributed by atoms with Gasteiger partial charge in [-0.2, -0.15) is 13.2 Å². The second-order valence-electron chi connectivity index (χ2n) is 7.14. The Hall–Kier alpha value is -2.93. The molecule has 1 aromatic heterocycles. The zero-order valence-corrected chi connectivity index (χ0v) is 18.3. The quantitative estimate of drug-likeness (QED) is 0.286. The first-order valence-electron chi connectivity index (χ1n) is 9.69. The van der Waals surface area contributed by atoms with E-state index in [0.717, 1.165) is 23.3 Å². The molecule has 7 heteroatoms. The highest BCUT2D eigenvalue weighted by molar-refractivity contribution is 7.09. The molecular weight excluding hydrogens is 423 g/mol. The van der Waals surface area contributed by atoms with Gasteiger partial charge in [-0.05, 0) is 61.2 Å². The van der Waals surface area contributed by atoms with Crippen molar-refractivity contribution in [2.24, 2.45) is 0 Å². The maximum atomic E-state index is 12.7. The van der Waals surface area contributed by atoms with Gasteiger partial charge >= 0.3 is 6.18 Å². The van der Waals surface area contributed by atoms with Gasteiger partial charge in [0.25, 0.3) is 0 Å². The number of allylic oxidation sites excluding steroid dienone is 1. The summed E-state index contributed by atoms with van der Waals surface area (Å²) < 4.78 is 44.1. The Labute approximate surface area is 183 Å². The summed E-state index contributed by atoms with van der Waals surface area (Å²) >= 11 is 1.37. The predicted octanol–water partition coefficient (Wildman–Crippen LogP) is 7.17. The lowest BCUT2D eigenvalue weighted by molar-refractivity contribution is -0.137. The predicted molar refractivity (Wildman–Crippen MR) is 117 cm³/mol. The van der Waals surface area contributed by atoms with Gasteiger partial charge in [-0.25, -0.2) is 4.98 Å². The Balaban J connectivity index is 1.71. The molecule has 0 bridgehead atoms. The number of alkyl halides is 3. The number of ketones is 1. The Morgan fingerprint density at radius 2 is 1.77 bits per heavy atom. The van der Waals surface area contributed by atoms with Gasteiger partial charge in [0.05, 0.1) is 11.3 Å². The van der Waals surface area contributed by atoms with E-state index in [2.05, 4.69) is 11.6 Å². The van der Waals surface area contributed by atoms with Crippen LogP contribution in [-0.2, 0) is 12.8 Å². The van der Waals surface area contributed by atoms with E-state index in [4.69, 9.17) is 4.74 Å². The van der Waals surface area contributed by atoms with Crippen molar-refractivity contribution < 1.29 is 22.7 Å². The van der Waals surface area contributed by atoms with Gasteiger partial charge in [-0.1, -0.05) is 25.6 Å². The molecule has 0 amide bonds. The third-order valence-electron chi connectivity index (χ3n) is 5.14. The topological polar surface area (TPSA) is 39.2 Å². The van der Waals surface area contributed by atoms with Gasteiger partial charge < -0.3 is 4.74 Å². The zero-order chi connectivity index (χ0) is 22.8. The van der Waals surface area contributed by atoms with Crippen LogP contribution in [0.3, 0.4) is 0 Å². The number of nitrogens with zero attached hydrogens (tertiary/aromatic N) is 1. The van der Waals surface area contributed by atoms with Crippen molar-refractivity contribution in [3.8, 4) is 17.0 Å². The van der Waals surface area contributed by atoms with Crippen molar-refractivity contribution in [1.29, 1.82) is 0 Å². The number of hydrogen-bond donors (Lipinski definition) is 0. The largest absolute Gasteiger partial charge is 0.486 e. The number of aromatic nitrogens is 1. The molecule has 0 fully saturated rings. The molecule has 0 saturated heterocycles. The van der Waals surface area contributed by atoms with Gasteiger partial charge in [0.1, 0.15) is 17.4 Å². The van der Waals surface area contributed by atoms with E-state index in [-0.39, 0.29) is 12.4 Å². The van der Waals surface area contributed by atoms with E-state index in [9.17, 15) is 18.0 Å². The third kappa shape index (κ3) is 5.05. The number of carbonyl (C=O) groups excluding carboxylic acids is 1. The number of thiazole rings is 1. The highest BCUT2D eigenvalue weighted by atomic mass is 32.1. The molecule has 0 N–H and O–H groups in total. The van der Waals surface area contributed by atoms with Crippen molar-refractivity contribution in [2.75, 3.05) is 0 Å². The monoisotopic (exact) mass is 445 g/mol. The first kappa shape index (κ1) is 22.7. The normalized spacial score (nSPS) is 11.4. The highest BCUT2D eigenvalue weighted by Gasteiger charge is 2.30. The van der Waals surface area contributed by atoms with Crippen molar-refractivity contribution in [1.82, 2.24) is 4.98 Å². The fourth-order valence-corrected chi connectivity index (χ4v) is 3.74. The van der Waals surface area contributed by atoms with E-state index in [1.165, 1.54) is 23.5 Å². The van der Waals surface area contributed by atoms with Crippen LogP contribution in [0.2, 0.25) is 0 Å². The smallest absolute Gasteiger partial charge is 0.416 e. The van der Waals surface area contributed by atoms with Gasteiger partial charge in [-0.15, -0.1) is 11.3 Å². The molecule has 0 spiro atoms. The first-order chi connectivity index (χ1) is 14.6. The van der Waals surface area contributed by atoms with E-state index < -0.39 is 11.7 Å². The molecule has 0 unspecified atom stereocenters.